The van der Waals surface area contributed by atoms with Gasteiger partial charge in [-0.2, -0.15) is 0 Å². The average Bonchev–Trinajstić information content (AvgIpc) is 2.84. The molecule has 1 aromatic heterocycles. The van der Waals surface area contributed by atoms with Crippen molar-refractivity contribution in [1.82, 2.24) is 9.97 Å². The van der Waals surface area contributed by atoms with Crippen LogP contribution < -0.4 is 4.90 Å². The lowest BCUT2D eigenvalue weighted by Crippen LogP contribution is -2.57. The summed E-state index contributed by atoms with van der Waals surface area (Å²) in [6.45, 7) is 2.23. The Labute approximate surface area is 100 Å². The van der Waals surface area contributed by atoms with Gasteiger partial charge in [-0.25, -0.2) is 9.97 Å². The molecule has 0 saturated carbocycles. The predicted octanol–water partition coefficient (Wildman–Crippen LogP) is 0.597. The first-order valence-electron chi connectivity index (χ1n) is 6.14. The maximum atomic E-state index is 10.1. The molecule has 0 bridgehead atoms. The number of aliphatic hydroxyl groups excluding tert-OH is 1. The van der Waals surface area contributed by atoms with Crippen molar-refractivity contribution in [3.8, 4) is 0 Å². The summed E-state index contributed by atoms with van der Waals surface area (Å²) < 4.78 is 5.80. The van der Waals surface area contributed by atoms with Gasteiger partial charge in [-0.1, -0.05) is 0 Å². The number of aliphatic hydroxyl groups is 1. The number of ether oxygens (including phenoxy) is 1. The summed E-state index contributed by atoms with van der Waals surface area (Å²) in [7, 11) is 0. The van der Waals surface area contributed by atoms with Crippen LogP contribution in [0.2, 0.25) is 0 Å². The van der Waals surface area contributed by atoms with Crippen LogP contribution in [0, 0.1) is 0 Å². The van der Waals surface area contributed by atoms with Crippen LogP contribution in [-0.2, 0) is 4.74 Å². The highest BCUT2D eigenvalue weighted by molar-refractivity contribution is 5.31. The van der Waals surface area contributed by atoms with Crippen molar-refractivity contribution in [2.24, 2.45) is 0 Å². The van der Waals surface area contributed by atoms with E-state index in [1.165, 1.54) is 0 Å². The van der Waals surface area contributed by atoms with Crippen LogP contribution in [0.4, 0.5) is 5.95 Å². The topological polar surface area (TPSA) is 58.5 Å². The fraction of sp³-hybridized carbons (Fsp3) is 0.667. The molecule has 2 saturated heterocycles. The Balaban J connectivity index is 1.81. The number of nitrogens with zero attached hydrogens (tertiary/aromatic N) is 3. The molecule has 0 amide bonds. The molecule has 5 heteroatoms. The average molecular weight is 235 g/mol. The van der Waals surface area contributed by atoms with Crippen LogP contribution >= 0.6 is 0 Å². The van der Waals surface area contributed by atoms with Crippen LogP contribution in [-0.4, -0.2) is 46.5 Å². The Hall–Kier alpha value is -1.20. The lowest BCUT2D eigenvalue weighted by atomic mass is 9.87. The molecule has 3 heterocycles. The van der Waals surface area contributed by atoms with Gasteiger partial charge in [0.15, 0.2) is 0 Å². The lowest BCUT2D eigenvalue weighted by Gasteiger charge is -2.43. The summed E-state index contributed by atoms with van der Waals surface area (Å²) in [4.78, 5) is 10.6. The fourth-order valence-corrected chi connectivity index (χ4v) is 2.78. The van der Waals surface area contributed by atoms with Gasteiger partial charge in [-0.15, -0.1) is 0 Å². The molecule has 2 aliphatic rings. The number of piperidine rings is 1. The van der Waals surface area contributed by atoms with Crippen LogP contribution in [0.5, 0.6) is 0 Å². The summed E-state index contributed by atoms with van der Waals surface area (Å²) in [6, 6.07) is 1.81. The number of rotatable bonds is 1. The van der Waals surface area contributed by atoms with Gasteiger partial charge in [0.05, 0.1) is 12.6 Å². The van der Waals surface area contributed by atoms with Gasteiger partial charge in [-0.3, -0.25) is 0 Å². The molecular weight excluding hydrogens is 218 g/mol. The van der Waals surface area contributed by atoms with E-state index in [1.807, 2.05) is 6.07 Å². The van der Waals surface area contributed by atoms with E-state index in [1.54, 1.807) is 12.4 Å². The van der Waals surface area contributed by atoms with Gasteiger partial charge in [0.2, 0.25) is 5.95 Å². The molecule has 5 nitrogen and oxygen atoms in total. The first-order chi connectivity index (χ1) is 8.30. The summed E-state index contributed by atoms with van der Waals surface area (Å²) in [5.41, 5.74) is -0.391. The van der Waals surface area contributed by atoms with Crippen molar-refractivity contribution < 1.29 is 9.84 Å². The predicted molar refractivity (Wildman–Crippen MR) is 62.8 cm³/mol. The Morgan fingerprint density at radius 3 is 2.94 bits per heavy atom. The molecule has 1 spiro atoms. The van der Waals surface area contributed by atoms with Crippen molar-refractivity contribution in [2.75, 3.05) is 24.6 Å². The summed E-state index contributed by atoms with van der Waals surface area (Å²) in [6.07, 6.45) is 5.81. The lowest BCUT2D eigenvalue weighted by molar-refractivity contribution is -0.0964. The van der Waals surface area contributed by atoms with Crippen LogP contribution in [0.1, 0.15) is 19.3 Å². The van der Waals surface area contributed by atoms with E-state index in [4.69, 9.17) is 4.74 Å². The Morgan fingerprint density at radius 1 is 1.41 bits per heavy atom. The largest absolute Gasteiger partial charge is 0.390 e. The number of hydrogen-bond acceptors (Lipinski definition) is 5. The second-order valence-electron chi connectivity index (χ2n) is 4.79. The number of aromatic nitrogens is 2. The van der Waals surface area contributed by atoms with Crippen molar-refractivity contribution in [3.05, 3.63) is 18.5 Å². The van der Waals surface area contributed by atoms with Crippen LogP contribution in [0.25, 0.3) is 0 Å². The third-order valence-corrected chi connectivity index (χ3v) is 3.71. The molecule has 2 atom stereocenters. The number of anilines is 1. The van der Waals surface area contributed by atoms with E-state index < -0.39 is 5.60 Å². The third-order valence-electron chi connectivity index (χ3n) is 3.71. The molecule has 0 radical (unpaired) electrons. The first kappa shape index (κ1) is 10.9. The highest BCUT2D eigenvalue weighted by atomic mass is 16.5. The number of hydrogen-bond donors (Lipinski definition) is 1. The molecule has 1 aromatic rings. The normalized spacial score (nSPS) is 33.2. The SMILES string of the molecule is O[C@H]1CCN(c2ncccn2)C[C@@]12CCCO2. The van der Waals surface area contributed by atoms with Gasteiger partial charge in [0.25, 0.3) is 0 Å². The molecule has 0 unspecified atom stereocenters. The molecule has 0 aliphatic carbocycles. The fourth-order valence-electron chi connectivity index (χ4n) is 2.78. The van der Waals surface area contributed by atoms with Gasteiger partial charge in [0, 0.05) is 25.5 Å². The quantitative estimate of drug-likeness (QED) is 0.772. The highest BCUT2D eigenvalue weighted by Gasteiger charge is 2.46. The minimum atomic E-state index is -0.391. The van der Waals surface area contributed by atoms with Gasteiger partial charge >= 0.3 is 0 Å². The van der Waals surface area contributed by atoms with E-state index in [2.05, 4.69) is 14.9 Å². The van der Waals surface area contributed by atoms with Crippen molar-refractivity contribution in [2.45, 2.75) is 31.0 Å². The Kier molecular flexibility index (Phi) is 2.72. The van der Waals surface area contributed by atoms with Crippen molar-refractivity contribution in [3.63, 3.8) is 0 Å². The zero-order chi connectivity index (χ0) is 11.7. The van der Waals surface area contributed by atoms with Gasteiger partial charge in [0.1, 0.15) is 5.60 Å². The molecule has 2 aliphatic heterocycles. The van der Waals surface area contributed by atoms with E-state index in [0.717, 1.165) is 38.4 Å². The standard InChI is InChI=1S/C12H17N3O2/c16-10-3-7-15(11-13-5-2-6-14-11)9-12(10)4-1-8-17-12/h2,5-6,10,16H,1,3-4,7-9H2/t10-,12-/m0/s1. The maximum absolute atomic E-state index is 10.1. The minimum absolute atomic E-state index is 0.357. The zero-order valence-electron chi connectivity index (χ0n) is 9.75. The smallest absolute Gasteiger partial charge is 0.225 e. The molecule has 0 aromatic carbocycles. The highest BCUT2D eigenvalue weighted by Crippen LogP contribution is 2.35. The molecule has 2 fully saturated rings. The zero-order valence-corrected chi connectivity index (χ0v) is 9.75. The molecule has 92 valence electrons. The second-order valence-corrected chi connectivity index (χ2v) is 4.79. The molecular formula is C12H17N3O2. The maximum Gasteiger partial charge on any atom is 0.225 e. The molecule has 17 heavy (non-hydrogen) atoms. The van der Waals surface area contributed by atoms with E-state index >= 15 is 0 Å². The Bertz CT molecular complexity index is 379. The van der Waals surface area contributed by atoms with Crippen molar-refractivity contribution in [1.29, 1.82) is 0 Å². The van der Waals surface area contributed by atoms with Crippen molar-refractivity contribution >= 4 is 5.95 Å². The van der Waals surface area contributed by atoms with E-state index in [0.29, 0.717) is 6.54 Å². The molecule has 3 rings (SSSR count). The minimum Gasteiger partial charge on any atom is -0.390 e. The summed E-state index contributed by atoms with van der Waals surface area (Å²) in [5, 5.41) is 10.1. The third kappa shape index (κ3) is 1.89. The first-order valence-corrected chi connectivity index (χ1v) is 6.14. The summed E-state index contributed by atoms with van der Waals surface area (Å²) >= 11 is 0. The van der Waals surface area contributed by atoms with E-state index in [9.17, 15) is 5.11 Å². The van der Waals surface area contributed by atoms with Gasteiger partial charge in [-0.05, 0) is 25.3 Å². The molecule has 1 N–H and O–H groups in total. The van der Waals surface area contributed by atoms with E-state index in [-0.39, 0.29) is 6.10 Å². The summed E-state index contributed by atoms with van der Waals surface area (Å²) in [5.74, 6) is 0.731. The monoisotopic (exact) mass is 235 g/mol. The van der Waals surface area contributed by atoms with Crippen LogP contribution in [0.3, 0.4) is 0 Å². The second kappa shape index (κ2) is 4.23. The Morgan fingerprint density at radius 2 is 2.24 bits per heavy atom. The van der Waals surface area contributed by atoms with Crippen LogP contribution in [0.15, 0.2) is 18.5 Å². The van der Waals surface area contributed by atoms with Gasteiger partial charge < -0.3 is 14.7 Å².